The van der Waals surface area contributed by atoms with Gasteiger partial charge in [0.1, 0.15) is 11.5 Å². The summed E-state index contributed by atoms with van der Waals surface area (Å²) in [6.07, 6.45) is 0.431. The van der Waals surface area contributed by atoms with Crippen molar-refractivity contribution in [3.63, 3.8) is 0 Å². The maximum absolute atomic E-state index is 13.1. The smallest absolute Gasteiger partial charge is 0.181 e. The van der Waals surface area contributed by atoms with Crippen LogP contribution in [-0.2, 0) is 11.2 Å². The zero-order chi connectivity index (χ0) is 15.2. The Kier molecular flexibility index (Phi) is 5.20. The van der Waals surface area contributed by atoms with Crippen LogP contribution in [0.5, 0.6) is 0 Å². The molecule has 9 heteroatoms. The molecular weight excluding hydrogens is 303 g/mol. The number of benzene rings is 1. The number of ether oxygens (including phenoxy) is 1. The van der Waals surface area contributed by atoms with Gasteiger partial charge in [-0.15, -0.1) is 0 Å². The number of nitrogens with one attached hydrogen (secondary N) is 1. The highest BCUT2D eigenvalue weighted by Crippen LogP contribution is 2.22. The highest BCUT2D eigenvalue weighted by Gasteiger charge is 2.16. The van der Waals surface area contributed by atoms with Crippen LogP contribution in [0.3, 0.4) is 0 Å². The Morgan fingerprint density at radius 3 is 3.00 bits per heavy atom. The number of hydroxylamine groups is 1. The van der Waals surface area contributed by atoms with Crippen molar-refractivity contribution in [2.45, 2.75) is 6.42 Å². The van der Waals surface area contributed by atoms with E-state index >= 15 is 0 Å². The molecule has 0 spiro atoms. The number of hydrogen-bond donors (Lipinski definition) is 2. The van der Waals surface area contributed by atoms with Crippen molar-refractivity contribution in [2.75, 3.05) is 13.7 Å². The second kappa shape index (κ2) is 7.11. The molecule has 0 aliphatic heterocycles. The molecule has 1 aromatic heterocycles. The first-order valence-corrected chi connectivity index (χ1v) is 6.28. The van der Waals surface area contributed by atoms with Crippen LogP contribution in [0.2, 0.25) is 5.02 Å². The first-order chi connectivity index (χ1) is 10.2. The molecule has 0 fully saturated rings. The van der Waals surface area contributed by atoms with Gasteiger partial charge < -0.3 is 4.74 Å². The third-order valence-corrected chi connectivity index (χ3v) is 2.86. The summed E-state index contributed by atoms with van der Waals surface area (Å²) in [5.41, 5.74) is 2.94. The van der Waals surface area contributed by atoms with Crippen molar-refractivity contribution in [2.24, 2.45) is 4.99 Å². The summed E-state index contributed by atoms with van der Waals surface area (Å²) in [4.78, 5) is 4.09. The second-order valence-corrected chi connectivity index (χ2v) is 4.38. The molecule has 0 radical (unpaired) electrons. The van der Waals surface area contributed by atoms with Gasteiger partial charge in [0.2, 0.25) is 0 Å². The molecule has 1 aromatic carbocycles. The number of nitrogens with zero attached hydrogens (tertiary/aromatic N) is 3. The fourth-order valence-corrected chi connectivity index (χ4v) is 1.74. The van der Waals surface area contributed by atoms with Gasteiger partial charge in [0.15, 0.2) is 11.5 Å². The molecule has 0 aliphatic carbocycles. The van der Waals surface area contributed by atoms with E-state index in [-0.39, 0.29) is 16.6 Å². The van der Waals surface area contributed by atoms with Gasteiger partial charge in [0.05, 0.1) is 17.3 Å². The maximum Gasteiger partial charge on any atom is 0.181 e. The molecule has 112 valence electrons. The van der Waals surface area contributed by atoms with Gasteiger partial charge in [0.25, 0.3) is 0 Å². The van der Waals surface area contributed by atoms with E-state index in [1.54, 1.807) is 7.11 Å². The second-order valence-electron chi connectivity index (χ2n) is 3.97. The van der Waals surface area contributed by atoms with E-state index in [1.807, 2.05) is 5.48 Å². The predicted molar refractivity (Wildman–Crippen MR) is 72.4 cm³/mol. The molecule has 0 atom stereocenters. The summed E-state index contributed by atoms with van der Waals surface area (Å²) < 4.78 is 22.7. The molecule has 0 aliphatic rings. The first kappa shape index (κ1) is 15.4. The van der Waals surface area contributed by atoms with E-state index < -0.39 is 5.82 Å². The van der Waals surface area contributed by atoms with Gasteiger partial charge in [-0.25, -0.2) is 14.0 Å². The highest BCUT2D eigenvalue weighted by molar-refractivity contribution is 6.31. The van der Waals surface area contributed by atoms with Gasteiger partial charge in [0, 0.05) is 13.5 Å². The van der Waals surface area contributed by atoms with E-state index in [9.17, 15) is 9.60 Å². The molecule has 7 nitrogen and oxygen atoms in total. The van der Waals surface area contributed by atoms with Gasteiger partial charge in [-0.3, -0.25) is 10.7 Å². The monoisotopic (exact) mass is 314 g/mol. The molecule has 2 rings (SSSR count). The van der Waals surface area contributed by atoms with Crippen molar-refractivity contribution in [1.29, 1.82) is 0 Å². The summed E-state index contributed by atoms with van der Waals surface area (Å²) >= 11 is 5.67. The number of hydrogen-bond acceptors (Lipinski definition) is 6. The Balaban J connectivity index is 2.32. The third kappa shape index (κ3) is 3.75. The summed E-state index contributed by atoms with van der Waals surface area (Å²) in [5, 5.41) is 16.5. The van der Waals surface area contributed by atoms with E-state index in [2.05, 4.69) is 19.9 Å². The number of aromatic nitrogens is 2. The number of rotatable bonds is 5. The Hall–Kier alpha value is -2.03. The van der Waals surface area contributed by atoms with Gasteiger partial charge in [-0.1, -0.05) is 16.8 Å². The molecular formula is C12H12ClFN4O3. The normalized spacial score (nSPS) is 11.7. The van der Waals surface area contributed by atoms with Gasteiger partial charge in [-0.2, -0.15) is 0 Å². The zero-order valence-electron chi connectivity index (χ0n) is 11.0. The average molecular weight is 315 g/mol. The summed E-state index contributed by atoms with van der Waals surface area (Å²) in [6, 6.07) is 3.89. The molecule has 2 N–H and O–H groups in total. The fraction of sp³-hybridized carbons (Fsp3) is 0.250. The number of methoxy groups -OCH3 is 1. The van der Waals surface area contributed by atoms with Crippen LogP contribution >= 0.6 is 11.6 Å². The third-order valence-electron chi connectivity index (χ3n) is 2.57. The van der Waals surface area contributed by atoms with Crippen LogP contribution in [0.4, 0.5) is 10.1 Å². The lowest BCUT2D eigenvalue weighted by Gasteiger charge is -2.03. The standard InChI is InChI=1S/C12H12ClFN4O3/c1-20-5-4-10-11(18-21-17-10)12(16-19)15-7-2-3-9(14)8(13)6-7/h2-3,6,19H,4-5H2,1H3,(H,15,16). The van der Waals surface area contributed by atoms with Crippen LogP contribution in [0.25, 0.3) is 0 Å². The number of halogens is 2. The molecule has 0 bridgehead atoms. The molecule has 2 aromatic rings. The quantitative estimate of drug-likeness (QED) is 0.499. The number of aliphatic imine (C=N–C) groups is 1. The largest absolute Gasteiger partial charge is 0.384 e. The van der Waals surface area contributed by atoms with Crippen molar-refractivity contribution in [3.8, 4) is 0 Å². The Labute approximate surface area is 124 Å². The van der Waals surface area contributed by atoms with Crippen molar-refractivity contribution in [3.05, 3.63) is 40.4 Å². The first-order valence-electron chi connectivity index (χ1n) is 5.90. The van der Waals surface area contributed by atoms with E-state index in [4.69, 9.17) is 16.3 Å². The minimum absolute atomic E-state index is 0.00466. The minimum Gasteiger partial charge on any atom is -0.384 e. The van der Waals surface area contributed by atoms with Crippen molar-refractivity contribution < 1.29 is 19.0 Å². The average Bonchev–Trinajstić information content (AvgIpc) is 2.94. The van der Waals surface area contributed by atoms with Crippen molar-refractivity contribution in [1.82, 2.24) is 15.8 Å². The zero-order valence-corrected chi connectivity index (χ0v) is 11.8. The molecule has 0 amide bonds. The van der Waals surface area contributed by atoms with Crippen LogP contribution in [-0.4, -0.2) is 35.1 Å². The Morgan fingerprint density at radius 2 is 2.33 bits per heavy atom. The van der Waals surface area contributed by atoms with Crippen molar-refractivity contribution >= 4 is 23.1 Å². The Bertz CT molecular complexity index is 647. The number of amidine groups is 1. The molecule has 21 heavy (non-hydrogen) atoms. The molecule has 0 saturated carbocycles. The topological polar surface area (TPSA) is 92.8 Å². The predicted octanol–water partition coefficient (Wildman–Crippen LogP) is 2.11. The van der Waals surface area contributed by atoms with Crippen LogP contribution in [0.15, 0.2) is 27.8 Å². The lowest BCUT2D eigenvalue weighted by molar-refractivity contribution is 0.199. The minimum atomic E-state index is -0.557. The Morgan fingerprint density at radius 1 is 1.52 bits per heavy atom. The molecule has 1 heterocycles. The summed E-state index contributed by atoms with van der Waals surface area (Å²) in [5.74, 6) is -0.553. The lowest BCUT2D eigenvalue weighted by atomic mass is 10.2. The summed E-state index contributed by atoms with van der Waals surface area (Å²) in [6.45, 7) is 0.405. The van der Waals surface area contributed by atoms with E-state index in [1.165, 1.54) is 18.2 Å². The SMILES string of the molecule is COCCc1nonc1C(=Nc1ccc(F)c(Cl)c1)NO. The van der Waals surface area contributed by atoms with Gasteiger partial charge >= 0.3 is 0 Å². The fourth-order valence-electron chi connectivity index (χ4n) is 1.56. The van der Waals surface area contributed by atoms with E-state index in [0.29, 0.717) is 24.4 Å². The van der Waals surface area contributed by atoms with Crippen LogP contribution in [0.1, 0.15) is 11.4 Å². The summed E-state index contributed by atoms with van der Waals surface area (Å²) in [7, 11) is 1.55. The lowest BCUT2D eigenvalue weighted by Crippen LogP contribution is -2.22. The highest BCUT2D eigenvalue weighted by atomic mass is 35.5. The maximum atomic E-state index is 13.1. The molecule has 0 unspecified atom stereocenters. The molecule has 0 saturated heterocycles. The van der Waals surface area contributed by atoms with E-state index in [0.717, 1.165) is 0 Å². The van der Waals surface area contributed by atoms with Crippen LogP contribution < -0.4 is 5.48 Å². The van der Waals surface area contributed by atoms with Crippen LogP contribution in [0, 0.1) is 5.82 Å². The van der Waals surface area contributed by atoms with Gasteiger partial charge in [-0.05, 0) is 23.4 Å².